The third-order valence-corrected chi connectivity index (χ3v) is 5.05. The molecule has 0 atom stereocenters. The van der Waals surface area contributed by atoms with Crippen molar-refractivity contribution in [3.8, 4) is 11.5 Å². The fourth-order valence-electron chi connectivity index (χ4n) is 3.51. The number of fused-ring (bicyclic) bond motifs is 1. The highest BCUT2D eigenvalue weighted by Crippen LogP contribution is 2.29. The lowest BCUT2D eigenvalue weighted by Gasteiger charge is -2.23. The van der Waals surface area contributed by atoms with Crippen LogP contribution in [0, 0.1) is 0 Å². The van der Waals surface area contributed by atoms with Crippen molar-refractivity contribution < 1.29 is 19.1 Å². The molecule has 0 N–H and O–H groups in total. The number of methoxy groups -OCH3 is 2. The molecule has 28 heavy (non-hydrogen) atoms. The molecule has 148 valence electrons. The van der Waals surface area contributed by atoms with E-state index in [4.69, 9.17) is 9.47 Å². The Morgan fingerprint density at radius 1 is 1.07 bits per heavy atom. The highest BCUT2D eigenvalue weighted by molar-refractivity contribution is 5.95. The summed E-state index contributed by atoms with van der Waals surface area (Å²) in [7, 11) is 3.17. The van der Waals surface area contributed by atoms with Gasteiger partial charge in [-0.05, 0) is 35.7 Å². The van der Waals surface area contributed by atoms with E-state index in [1.807, 2.05) is 41.3 Å². The van der Waals surface area contributed by atoms with Gasteiger partial charge in [-0.1, -0.05) is 24.3 Å². The number of benzene rings is 2. The van der Waals surface area contributed by atoms with Crippen molar-refractivity contribution in [3.05, 3.63) is 53.6 Å². The van der Waals surface area contributed by atoms with Crippen molar-refractivity contribution in [2.45, 2.75) is 26.3 Å². The maximum atomic E-state index is 12.7. The molecular formula is C22H26N2O4. The van der Waals surface area contributed by atoms with E-state index in [1.54, 1.807) is 19.1 Å². The summed E-state index contributed by atoms with van der Waals surface area (Å²) in [5.41, 5.74) is 3.11. The third kappa shape index (κ3) is 4.27. The number of hydrogen-bond acceptors (Lipinski definition) is 4. The SMILES string of the molecule is COc1ccc(CN(CCC(=O)N2CCc3ccccc32)C(C)=O)cc1OC. The summed E-state index contributed by atoms with van der Waals surface area (Å²) in [6.07, 6.45) is 1.17. The molecule has 0 spiro atoms. The number of carbonyl (C=O) groups excluding carboxylic acids is 2. The van der Waals surface area contributed by atoms with Gasteiger partial charge in [-0.15, -0.1) is 0 Å². The number of anilines is 1. The van der Waals surface area contributed by atoms with E-state index in [1.165, 1.54) is 12.5 Å². The first-order valence-corrected chi connectivity index (χ1v) is 9.38. The van der Waals surface area contributed by atoms with Crippen LogP contribution in [0.25, 0.3) is 0 Å². The summed E-state index contributed by atoms with van der Waals surface area (Å²) in [5, 5.41) is 0. The fraction of sp³-hybridized carbons (Fsp3) is 0.364. The summed E-state index contributed by atoms with van der Waals surface area (Å²) in [6, 6.07) is 13.5. The largest absolute Gasteiger partial charge is 0.493 e. The number of ether oxygens (including phenoxy) is 2. The molecule has 0 unspecified atom stereocenters. The summed E-state index contributed by atoms with van der Waals surface area (Å²) < 4.78 is 10.6. The normalized spacial score (nSPS) is 12.5. The predicted octanol–water partition coefficient (Wildman–Crippen LogP) is 3.03. The van der Waals surface area contributed by atoms with E-state index in [0.29, 0.717) is 37.6 Å². The van der Waals surface area contributed by atoms with E-state index < -0.39 is 0 Å². The minimum absolute atomic E-state index is 0.0449. The van der Waals surface area contributed by atoms with E-state index in [0.717, 1.165) is 17.7 Å². The lowest BCUT2D eigenvalue weighted by atomic mass is 10.1. The Kier molecular flexibility index (Phi) is 6.19. The van der Waals surface area contributed by atoms with Crippen molar-refractivity contribution in [1.82, 2.24) is 4.90 Å². The number of amides is 2. The number of hydrogen-bond donors (Lipinski definition) is 0. The lowest BCUT2D eigenvalue weighted by molar-refractivity contribution is -0.130. The fourth-order valence-corrected chi connectivity index (χ4v) is 3.51. The molecule has 2 amide bonds. The van der Waals surface area contributed by atoms with Crippen molar-refractivity contribution in [3.63, 3.8) is 0 Å². The number of rotatable bonds is 7. The maximum Gasteiger partial charge on any atom is 0.228 e. The lowest BCUT2D eigenvalue weighted by Crippen LogP contribution is -2.35. The van der Waals surface area contributed by atoms with Crippen molar-refractivity contribution in [1.29, 1.82) is 0 Å². The smallest absolute Gasteiger partial charge is 0.228 e. The molecular weight excluding hydrogens is 356 g/mol. The first kappa shape index (κ1) is 19.7. The highest BCUT2D eigenvalue weighted by Gasteiger charge is 2.24. The van der Waals surface area contributed by atoms with Gasteiger partial charge < -0.3 is 19.3 Å². The standard InChI is InChI=1S/C22H26N2O4/c1-16(25)23(15-17-8-9-20(27-2)21(14-17)28-3)12-11-22(26)24-13-10-18-6-4-5-7-19(18)24/h4-9,14H,10-13,15H2,1-3H3. The van der Waals surface area contributed by atoms with E-state index >= 15 is 0 Å². The van der Waals surface area contributed by atoms with Crippen LogP contribution in [0.15, 0.2) is 42.5 Å². The van der Waals surface area contributed by atoms with Gasteiger partial charge in [0.05, 0.1) is 14.2 Å². The van der Waals surface area contributed by atoms with Crippen LogP contribution in [-0.4, -0.2) is 44.0 Å². The van der Waals surface area contributed by atoms with Crippen LogP contribution in [0.5, 0.6) is 11.5 Å². The van der Waals surface area contributed by atoms with Gasteiger partial charge in [0.15, 0.2) is 11.5 Å². The number of carbonyl (C=O) groups is 2. The molecule has 1 aliphatic rings. The van der Waals surface area contributed by atoms with Crippen LogP contribution in [0.1, 0.15) is 24.5 Å². The topological polar surface area (TPSA) is 59.1 Å². The van der Waals surface area contributed by atoms with Crippen LogP contribution < -0.4 is 14.4 Å². The van der Waals surface area contributed by atoms with Crippen LogP contribution in [0.2, 0.25) is 0 Å². The second-order valence-electron chi connectivity index (χ2n) is 6.80. The van der Waals surface area contributed by atoms with Gasteiger partial charge in [0.25, 0.3) is 0 Å². The minimum atomic E-state index is -0.0654. The van der Waals surface area contributed by atoms with Crippen molar-refractivity contribution in [2.75, 3.05) is 32.2 Å². The molecule has 6 heteroatoms. The third-order valence-electron chi connectivity index (χ3n) is 5.05. The molecule has 6 nitrogen and oxygen atoms in total. The van der Waals surface area contributed by atoms with Crippen LogP contribution >= 0.6 is 0 Å². The highest BCUT2D eigenvalue weighted by atomic mass is 16.5. The molecule has 0 radical (unpaired) electrons. The minimum Gasteiger partial charge on any atom is -0.493 e. The molecule has 0 fully saturated rings. The molecule has 1 heterocycles. The zero-order valence-corrected chi connectivity index (χ0v) is 16.6. The Labute approximate surface area is 165 Å². The summed E-state index contributed by atoms with van der Waals surface area (Å²) in [5.74, 6) is 1.24. The van der Waals surface area contributed by atoms with Crippen LogP contribution in [-0.2, 0) is 22.6 Å². The second-order valence-corrected chi connectivity index (χ2v) is 6.80. The average Bonchev–Trinajstić information content (AvgIpc) is 3.14. The average molecular weight is 382 g/mol. The molecule has 0 aliphatic carbocycles. The molecule has 1 aliphatic heterocycles. The summed E-state index contributed by atoms with van der Waals surface area (Å²) in [4.78, 5) is 28.3. The van der Waals surface area contributed by atoms with E-state index in [-0.39, 0.29) is 11.8 Å². The molecule has 0 saturated heterocycles. The van der Waals surface area contributed by atoms with E-state index in [2.05, 4.69) is 6.07 Å². The van der Waals surface area contributed by atoms with Gasteiger partial charge in [0.2, 0.25) is 11.8 Å². The zero-order valence-electron chi connectivity index (χ0n) is 16.6. The first-order chi connectivity index (χ1) is 13.5. The van der Waals surface area contributed by atoms with Gasteiger partial charge in [-0.2, -0.15) is 0 Å². The molecule has 3 rings (SSSR count). The molecule has 0 aromatic heterocycles. The first-order valence-electron chi connectivity index (χ1n) is 9.38. The summed E-state index contributed by atoms with van der Waals surface area (Å²) in [6.45, 7) is 3.02. The second kappa shape index (κ2) is 8.78. The van der Waals surface area contributed by atoms with E-state index in [9.17, 15) is 9.59 Å². The molecule has 2 aromatic rings. The van der Waals surface area contributed by atoms with Crippen molar-refractivity contribution in [2.24, 2.45) is 0 Å². The molecule has 0 bridgehead atoms. The number of para-hydroxylation sites is 1. The monoisotopic (exact) mass is 382 g/mol. The Hall–Kier alpha value is -3.02. The maximum absolute atomic E-state index is 12.7. The van der Waals surface area contributed by atoms with Crippen LogP contribution in [0.3, 0.4) is 0 Å². The molecule has 2 aromatic carbocycles. The Balaban J connectivity index is 1.64. The Morgan fingerprint density at radius 3 is 2.54 bits per heavy atom. The zero-order chi connectivity index (χ0) is 20.1. The Morgan fingerprint density at radius 2 is 1.82 bits per heavy atom. The van der Waals surface area contributed by atoms with Gasteiger partial charge in [0.1, 0.15) is 0 Å². The summed E-state index contributed by atoms with van der Waals surface area (Å²) >= 11 is 0. The quantitative estimate of drug-likeness (QED) is 0.739. The van der Waals surface area contributed by atoms with Crippen LogP contribution in [0.4, 0.5) is 5.69 Å². The molecule has 0 saturated carbocycles. The van der Waals surface area contributed by atoms with Gasteiger partial charge in [0, 0.05) is 38.7 Å². The van der Waals surface area contributed by atoms with Gasteiger partial charge >= 0.3 is 0 Å². The van der Waals surface area contributed by atoms with Gasteiger partial charge in [-0.25, -0.2) is 0 Å². The Bertz CT molecular complexity index is 865. The van der Waals surface area contributed by atoms with Crippen molar-refractivity contribution >= 4 is 17.5 Å². The predicted molar refractivity (Wildman–Crippen MR) is 108 cm³/mol. The number of nitrogens with zero attached hydrogens (tertiary/aromatic N) is 2. The van der Waals surface area contributed by atoms with Gasteiger partial charge in [-0.3, -0.25) is 9.59 Å².